The van der Waals surface area contributed by atoms with Gasteiger partial charge in [0.05, 0.1) is 0 Å². The molecule has 0 amide bonds. The Bertz CT molecular complexity index is 192. The second-order valence-corrected chi connectivity index (χ2v) is 3.73. The van der Waals surface area contributed by atoms with Gasteiger partial charge in [0.1, 0.15) is 6.04 Å². The molecule has 1 unspecified atom stereocenters. The van der Waals surface area contributed by atoms with Gasteiger partial charge in [0.15, 0.2) is 0 Å². The monoisotopic (exact) mass is 202 g/mol. The summed E-state index contributed by atoms with van der Waals surface area (Å²) in [6, 6.07) is -0.378. The highest BCUT2D eigenvalue weighted by Gasteiger charge is 2.22. The predicted molar refractivity (Wildman–Crippen MR) is 52.1 cm³/mol. The molecule has 0 aromatic heterocycles. The Kier molecular flexibility index (Phi) is 4.31. The maximum absolute atomic E-state index is 10.5. The second-order valence-electron chi connectivity index (χ2n) is 3.73. The van der Waals surface area contributed by atoms with Crippen LogP contribution in [0.1, 0.15) is 12.8 Å². The first-order valence-corrected chi connectivity index (χ1v) is 4.87. The number of hydrogen-bond acceptors (Lipinski definition) is 4. The Morgan fingerprint density at radius 1 is 1.64 bits per heavy atom. The quantitative estimate of drug-likeness (QED) is 0.643. The summed E-state index contributed by atoms with van der Waals surface area (Å²) in [5.41, 5.74) is 5.45. The lowest BCUT2D eigenvalue weighted by Crippen LogP contribution is -2.46. The lowest BCUT2D eigenvalue weighted by molar-refractivity contribution is -0.139. The molecule has 0 spiro atoms. The minimum atomic E-state index is -0.941. The average molecular weight is 202 g/mol. The van der Waals surface area contributed by atoms with Crippen molar-refractivity contribution in [1.29, 1.82) is 0 Å². The molecule has 5 nitrogen and oxygen atoms in total. The van der Waals surface area contributed by atoms with E-state index in [9.17, 15) is 4.79 Å². The van der Waals surface area contributed by atoms with Crippen LogP contribution in [-0.4, -0.2) is 54.9 Å². The van der Waals surface area contributed by atoms with Gasteiger partial charge in [0.2, 0.25) is 0 Å². The number of carboxylic acid groups (broad SMARTS) is 1. The molecule has 1 aliphatic heterocycles. The van der Waals surface area contributed by atoms with Crippen molar-refractivity contribution in [3.8, 4) is 0 Å². The molecule has 0 aliphatic carbocycles. The van der Waals surface area contributed by atoms with Gasteiger partial charge in [-0.25, -0.2) is 0 Å². The van der Waals surface area contributed by atoms with E-state index in [2.05, 4.69) is 0 Å². The summed E-state index contributed by atoms with van der Waals surface area (Å²) in [4.78, 5) is 12.6. The molecule has 1 atom stereocenters. The third kappa shape index (κ3) is 3.25. The second kappa shape index (κ2) is 5.29. The normalized spacial score (nSPS) is 21.1. The van der Waals surface area contributed by atoms with Gasteiger partial charge in [-0.05, 0) is 19.9 Å². The van der Waals surface area contributed by atoms with E-state index in [4.69, 9.17) is 15.6 Å². The number of aliphatic carboxylic acids is 1. The first-order valence-electron chi connectivity index (χ1n) is 4.87. The molecular weight excluding hydrogens is 184 g/mol. The number of carboxylic acids is 1. The highest BCUT2D eigenvalue weighted by Crippen LogP contribution is 2.12. The number of ether oxygens (including phenoxy) is 1. The highest BCUT2D eigenvalue weighted by atomic mass is 16.5. The maximum Gasteiger partial charge on any atom is 0.321 e. The summed E-state index contributed by atoms with van der Waals surface area (Å²) in [7, 11) is 1.92. The topological polar surface area (TPSA) is 75.8 Å². The molecule has 14 heavy (non-hydrogen) atoms. The largest absolute Gasteiger partial charge is 0.480 e. The summed E-state index contributed by atoms with van der Waals surface area (Å²) in [5, 5.41) is 8.65. The lowest BCUT2D eigenvalue weighted by atomic mass is 10.1. The molecule has 5 heteroatoms. The molecule has 0 aromatic rings. The van der Waals surface area contributed by atoms with E-state index < -0.39 is 12.0 Å². The zero-order chi connectivity index (χ0) is 10.6. The van der Waals surface area contributed by atoms with Crippen LogP contribution >= 0.6 is 0 Å². The van der Waals surface area contributed by atoms with Crippen LogP contribution in [0.5, 0.6) is 0 Å². The van der Waals surface area contributed by atoms with Gasteiger partial charge in [-0.1, -0.05) is 0 Å². The van der Waals surface area contributed by atoms with E-state index in [-0.39, 0.29) is 0 Å². The molecule has 0 aromatic carbocycles. The van der Waals surface area contributed by atoms with Crippen LogP contribution in [-0.2, 0) is 9.53 Å². The number of rotatable bonds is 4. The zero-order valence-electron chi connectivity index (χ0n) is 8.48. The van der Waals surface area contributed by atoms with E-state index in [1.165, 1.54) is 0 Å². The van der Waals surface area contributed by atoms with Crippen molar-refractivity contribution >= 4 is 5.97 Å². The molecule has 1 rings (SSSR count). The predicted octanol–water partition coefficient (Wildman–Crippen LogP) is -0.491. The Labute approximate surface area is 83.8 Å². The van der Waals surface area contributed by atoms with Gasteiger partial charge in [-0.15, -0.1) is 0 Å². The number of likely N-dealkylation sites (N-methyl/N-ethyl adjacent to an activating group) is 1. The fraction of sp³-hybridized carbons (Fsp3) is 0.889. The molecule has 0 saturated carbocycles. The van der Waals surface area contributed by atoms with E-state index >= 15 is 0 Å². The minimum Gasteiger partial charge on any atom is -0.480 e. The van der Waals surface area contributed by atoms with Crippen molar-refractivity contribution < 1.29 is 14.6 Å². The Hall–Kier alpha value is -0.650. The highest BCUT2D eigenvalue weighted by molar-refractivity contribution is 5.73. The molecule has 1 saturated heterocycles. The van der Waals surface area contributed by atoms with Gasteiger partial charge < -0.3 is 20.5 Å². The smallest absolute Gasteiger partial charge is 0.321 e. The number of carbonyl (C=O) groups is 1. The summed E-state index contributed by atoms with van der Waals surface area (Å²) in [6.07, 6.45) is 1.92. The van der Waals surface area contributed by atoms with Gasteiger partial charge >= 0.3 is 5.97 Å². The van der Waals surface area contributed by atoms with Crippen LogP contribution in [0.15, 0.2) is 0 Å². The molecule has 1 heterocycles. The average Bonchev–Trinajstić information content (AvgIpc) is 2.19. The van der Waals surface area contributed by atoms with Crippen molar-refractivity contribution in [2.24, 2.45) is 5.73 Å². The van der Waals surface area contributed by atoms with E-state index in [0.717, 1.165) is 26.1 Å². The van der Waals surface area contributed by atoms with Gasteiger partial charge in [0.25, 0.3) is 0 Å². The SMILES string of the molecule is CN(CC(N)C(=O)O)C1CCOCC1. The van der Waals surface area contributed by atoms with Crippen LogP contribution in [0, 0.1) is 0 Å². The van der Waals surface area contributed by atoms with Crippen LogP contribution in [0.25, 0.3) is 0 Å². The summed E-state index contributed by atoms with van der Waals surface area (Å²) < 4.78 is 5.23. The third-order valence-corrected chi connectivity index (χ3v) is 2.62. The molecular formula is C9H18N2O3. The number of hydrogen-bond donors (Lipinski definition) is 2. The van der Waals surface area contributed by atoms with E-state index in [0.29, 0.717) is 12.6 Å². The van der Waals surface area contributed by atoms with Crippen LogP contribution in [0.2, 0.25) is 0 Å². The van der Waals surface area contributed by atoms with Crippen LogP contribution < -0.4 is 5.73 Å². The van der Waals surface area contributed by atoms with Crippen LogP contribution in [0.3, 0.4) is 0 Å². The zero-order valence-corrected chi connectivity index (χ0v) is 8.48. The van der Waals surface area contributed by atoms with Gasteiger partial charge in [-0.2, -0.15) is 0 Å². The summed E-state index contributed by atoms with van der Waals surface area (Å²) in [5.74, 6) is -0.941. The molecule has 3 N–H and O–H groups in total. The van der Waals surface area contributed by atoms with Crippen molar-refractivity contribution in [3.05, 3.63) is 0 Å². The minimum absolute atomic E-state index is 0.403. The van der Waals surface area contributed by atoms with Crippen molar-refractivity contribution in [2.75, 3.05) is 26.8 Å². The Balaban J connectivity index is 2.32. The maximum atomic E-state index is 10.5. The first kappa shape index (κ1) is 11.4. The van der Waals surface area contributed by atoms with Crippen molar-refractivity contribution in [3.63, 3.8) is 0 Å². The number of nitrogens with zero attached hydrogens (tertiary/aromatic N) is 1. The summed E-state index contributed by atoms with van der Waals surface area (Å²) >= 11 is 0. The third-order valence-electron chi connectivity index (χ3n) is 2.62. The molecule has 1 fully saturated rings. The van der Waals surface area contributed by atoms with Gasteiger partial charge in [-0.3, -0.25) is 4.79 Å². The Morgan fingerprint density at radius 2 is 2.21 bits per heavy atom. The van der Waals surface area contributed by atoms with Crippen LogP contribution in [0.4, 0.5) is 0 Å². The van der Waals surface area contributed by atoms with Gasteiger partial charge in [0, 0.05) is 25.8 Å². The lowest BCUT2D eigenvalue weighted by Gasteiger charge is -2.31. The number of nitrogens with two attached hydrogens (primary N) is 1. The fourth-order valence-corrected chi connectivity index (χ4v) is 1.66. The fourth-order valence-electron chi connectivity index (χ4n) is 1.66. The molecule has 82 valence electrons. The molecule has 0 radical (unpaired) electrons. The Morgan fingerprint density at radius 3 is 2.71 bits per heavy atom. The van der Waals surface area contributed by atoms with Crippen molar-refractivity contribution in [1.82, 2.24) is 4.90 Å². The van der Waals surface area contributed by atoms with E-state index in [1.54, 1.807) is 0 Å². The molecule has 1 aliphatic rings. The first-order chi connectivity index (χ1) is 6.61. The van der Waals surface area contributed by atoms with E-state index in [1.807, 2.05) is 11.9 Å². The van der Waals surface area contributed by atoms with Crippen molar-refractivity contribution in [2.45, 2.75) is 24.9 Å². The standard InChI is InChI=1S/C9H18N2O3/c1-11(6-8(10)9(12)13)7-2-4-14-5-3-7/h7-8H,2-6,10H2,1H3,(H,12,13). The summed E-state index contributed by atoms with van der Waals surface area (Å²) in [6.45, 7) is 1.93. The molecule has 0 bridgehead atoms.